The molecule has 0 fully saturated rings. The van der Waals surface area contributed by atoms with Crippen LogP contribution in [0.1, 0.15) is 12.8 Å². The fourth-order valence-corrected chi connectivity index (χ4v) is 1.49. The van der Waals surface area contributed by atoms with Gasteiger partial charge >= 0.3 is 5.97 Å². The predicted molar refractivity (Wildman–Crippen MR) is 73.3 cm³/mol. The Balaban J connectivity index is 3.29. The molecular formula is C11H18ClNO5S. The Labute approximate surface area is 121 Å². The smallest absolute Gasteiger partial charge is 0.306 e. The molecule has 0 saturated heterocycles. The molecule has 0 aliphatic carbocycles. The van der Waals surface area contributed by atoms with Crippen LogP contribution in [0, 0.1) is 0 Å². The van der Waals surface area contributed by atoms with Crippen LogP contribution in [0.3, 0.4) is 0 Å². The molecule has 0 radical (unpaired) electrons. The zero-order valence-electron chi connectivity index (χ0n) is 10.8. The van der Waals surface area contributed by atoms with Crippen LogP contribution in [-0.4, -0.2) is 55.5 Å². The lowest BCUT2D eigenvalue weighted by molar-refractivity contribution is -0.145. The number of hydrogen-bond acceptors (Lipinski definition) is 6. The average Bonchev–Trinajstić information content (AvgIpc) is 2.35. The van der Waals surface area contributed by atoms with Crippen molar-refractivity contribution in [2.45, 2.75) is 12.8 Å². The molecule has 0 bridgehead atoms. The molecule has 0 spiro atoms. The number of halogens is 1. The molecule has 0 aromatic heterocycles. The summed E-state index contributed by atoms with van der Waals surface area (Å²) in [5.74, 6) is -0.0872. The Kier molecular flexibility index (Phi) is 11.7. The molecule has 0 unspecified atom stereocenters. The summed E-state index contributed by atoms with van der Waals surface area (Å²) >= 11 is 6.53. The molecule has 1 amide bonds. The number of nitrogens with one attached hydrogen (secondary N) is 1. The fraction of sp³-hybridized carbons (Fsp3) is 0.727. The van der Waals surface area contributed by atoms with Gasteiger partial charge in [-0.1, -0.05) is 0 Å². The molecule has 0 saturated carbocycles. The Morgan fingerprint density at radius 1 is 1.16 bits per heavy atom. The molecule has 0 aromatic rings. The molecule has 0 aliphatic rings. The second-order valence-corrected chi connectivity index (χ2v) is 4.76. The van der Waals surface area contributed by atoms with Gasteiger partial charge in [0.2, 0.25) is 11.1 Å². The van der Waals surface area contributed by atoms with E-state index in [0.717, 1.165) is 0 Å². The molecule has 0 aliphatic heterocycles. The van der Waals surface area contributed by atoms with Gasteiger partial charge in [0, 0.05) is 13.0 Å². The van der Waals surface area contributed by atoms with Crippen molar-refractivity contribution in [3.63, 3.8) is 0 Å². The van der Waals surface area contributed by atoms with Crippen LogP contribution >= 0.6 is 23.4 Å². The molecule has 0 rings (SSSR count). The molecule has 0 heterocycles. The van der Waals surface area contributed by atoms with Crippen LogP contribution in [-0.2, 0) is 23.9 Å². The Bertz CT molecular complexity index is 301. The van der Waals surface area contributed by atoms with E-state index in [4.69, 9.17) is 21.1 Å². The molecule has 1 N–H and O–H groups in total. The standard InChI is InChI=1S/C11H18ClNO5S/c1-19-8-10(15)13-4-5-17-6-7-18-11(16)3-2-9(12)14/h2-8H2,1H3,(H,13,15). The number of carbonyl (C=O) groups excluding carboxylic acids is 3. The lowest BCUT2D eigenvalue weighted by Crippen LogP contribution is -2.29. The Morgan fingerprint density at radius 2 is 1.89 bits per heavy atom. The van der Waals surface area contributed by atoms with Gasteiger partial charge in [-0.05, 0) is 17.9 Å². The van der Waals surface area contributed by atoms with Gasteiger partial charge in [0.15, 0.2) is 0 Å². The normalized spacial score (nSPS) is 10.0. The molecule has 6 nitrogen and oxygen atoms in total. The van der Waals surface area contributed by atoms with Gasteiger partial charge in [-0.2, -0.15) is 11.8 Å². The first kappa shape index (κ1) is 18.2. The number of carbonyl (C=O) groups is 3. The van der Waals surface area contributed by atoms with Crippen molar-refractivity contribution in [1.29, 1.82) is 0 Å². The monoisotopic (exact) mass is 311 g/mol. The van der Waals surface area contributed by atoms with Crippen molar-refractivity contribution >= 4 is 40.5 Å². The van der Waals surface area contributed by atoms with Crippen molar-refractivity contribution in [3.05, 3.63) is 0 Å². The maximum Gasteiger partial charge on any atom is 0.306 e. The van der Waals surface area contributed by atoms with E-state index in [9.17, 15) is 14.4 Å². The van der Waals surface area contributed by atoms with Gasteiger partial charge in [-0.15, -0.1) is 0 Å². The van der Waals surface area contributed by atoms with Crippen LogP contribution < -0.4 is 5.32 Å². The van der Waals surface area contributed by atoms with Crippen LogP contribution in [0.4, 0.5) is 0 Å². The topological polar surface area (TPSA) is 81.7 Å². The highest BCUT2D eigenvalue weighted by Gasteiger charge is 2.05. The maximum absolute atomic E-state index is 11.1. The van der Waals surface area contributed by atoms with Gasteiger partial charge in [0.05, 0.1) is 25.4 Å². The quantitative estimate of drug-likeness (QED) is 0.341. The SMILES string of the molecule is CSCC(=O)NCCOCCOC(=O)CCC(=O)Cl. The molecular weight excluding hydrogens is 294 g/mol. The highest BCUT2D eigenvalue weighted by Crippen LogP contribution is 1.96. The van der Waals surface area contributed by atoms with Crippen molar-refractivity contribution in [2.24, 2.45) is 0 Å². The van der Waals surface area contributed by atoms with Gasteiger partial charge in [-0.25, -0.2) is 0 Å². The minimum atomic E-state index is -0.561. The van der Waals surface area contributed by atoms with Crippen molar-refractivity contribution in [3.8, 4) is 0 Å². The first-order chi connectivity index (χ1) is 9.06. The van der Waals surface area contributed by atoms with Crippen LogP contribution in [0.25, 0.3) is 0 Å². The molecule has 19 heavy (non-hydrogen) atoms. The number of thioether (sulfide) groups is 1. The summed E-state index contributed by atoms with van der Waals surface area (Å²) in [6.07, 6.45) is 1.80. The minimum Gasteiger partial charge on any atom is -0.463 e. The second-order valence-electron chi connectivity index (χ2n) is 3.47. The van der Waals surface area contributed by atoms with E-state index in [1.807, 2.05) is 6.26 Å². The number of ether oxygens (including phenoxy) is 2. The first-order valence-electron chi connectivity index (χ1n) is 5.73. The lowest BCUT2D eigenvalue weighted by atomic mass is 10.3. The van der Waals surface area contributed by atoms with E-state index in [-0.39, 0.29) is 32.0 Å². The van der Waals surface area contributed by atoms with E-state index in [2.05, 4.69) is 5.32 Å². The van der Waals surface area contributed by atoms with Crippen molar-refractivity contribution in [1.82, 2.24) is 5.32 Å². The number of amides is 1. The summed E-state index contributed by atoms with van der Waals surface area (Å²) < 4.78 is 9.94. The Morgan fingerprint density at radius 3 is 2.53 bits per heavy atom. The van der Waals surface area contributed by atoms with Gasteiger partial charge in [-0.3, -0.25) is 14.4 Å². The predicted octanol–water partition coefficient (Wildman–Crippen LogP) is 0.571. The highest BCUT2D eigenvalue weighted by atomic mass is 35.5. The third-order valence-electron chi connectivity index (χ3n) is 1.86. The Hall–Kier alpha value is -0.790. The summed E-state index contributed by atoms with van der Waals surface area (Å²) in [7, 11) is 0. The molecule has 8 heteroatoms. The molecule has 0 atom stereocenters. The number of hydrogen-bond donors (Lipinski definition) is 1. The van der Waals surface area contributed by atoms with E-state index < -0.39 is 11.2 Å². The summed E-state index contributed by atoms with van der Waals surface area (Å²) in [5.41, 5.74) is 0. The van der Waals surface area contributed by atoms with Gasteiger partial charge < -0.3 is 14.8 Å². The van der Waals surface area contributed by atoms with E-state index in [1.165, 1.54) is 11.8 Å². The fourth-order valence-electron chi connectivity index (χ4n) is 1.03. The largest absolute Gasteiger partial charge is 0.463 e. The van der Waals surface area contributed by atoms with Crippen molar-refractivity contribution in [2.75, 3.05) is 38.4 Å². The van der Waals surface area contributed by atoms with Crippen LogP contribution in [0.2, 0.25) is 0 Å². The second kappa shape index (κ2) is 12.3. The van der Waals surface area contributed by atoms with E-state index in [0.29, 0.717) is 18.9 Å². The first-order valence-corrected chi connectivity index (χ1v) is 7.50. The van der Waals surface area contributed by atoms with Crippen LogP contribution in [0.5, 0.6) is 0 Å². The van der Waals surface area contributed by atoms with Crippen molar-refractivity contribution < 1.29 is 23.9 Å². The zero-order valence-corrected chi connectivity index (χ0v) is 12.3. The molecule has 0 aromatic carbocycles. The highest BCUT2D eigenvalue weighted by molar-refractivity contribution is 7.99. The lowest BCUT2D eigenvalue weighted by Gasteiger charge is -2.06. The van der Waals surface area contributed by atoms with E-state index in [1.54, 1.807) is 0 Å². The summed E-state index contributed by atoms with van der Waals surface area (Å²) in [6, 6.07) is 0. The minimum absolute atomic E-state index is 0.0208. The summed E-state index contributed by atoms with van der Waals surface area (Å²) in [5, 5.41) is 2.11. The number of esters is 1. The summed E-state index contributed by atoms with van der Waals surface area (Å²) in [6.45, 7) is 1.15. The number of rotatable bonds is 11. The third-order valence-corrected chi connectivity index (χ3v) is 2.60. The van der Waals surface area contributed by atoms with Crippen LogP contribution in [0.15, 0.2) is 0 Å². The van der Waals surface area contributed by atoms with Gasteiger partial charge in [0.25, 0.3) is 0 Å². The summed E-state index contributed by atoms with van der Waals surface area (Å²) in [4.78, 5) is 32.5. The maximum atomic E-state index is 11.1. The molecule has 110 valence electrons. The average molecular weight is 312 g/mol. The van der Waals surface area contributed by atoms with Gasteiger partial charge in [0.1, 0.15) is 6.61 Å². The van der Waals surface area contributed by atoms with E-state index >= 15 is 0 Å². The zero-order chi connectivity index (χ0) is 14.5. The third kappa shape index (κ3) is 13.4.